The molecule has 44 heavy (non-hydrogen) atoms. The summed E-state index contributed by atoms with van der Waals surface area (Å²) in [5, 5.41) is 2.67. The minimum atomic E-state index is -1.12. The van der Waals surface area contributed by atoms with E-state index in [1.54, 1.807) is 6.92 Å². The lowest BCUT2D eigenvalue weighted by Gasteiger charge is -2.31. The minimum Gasteiger partial charge on any atom is -0.493 e. The first-order valence-corrected chi connectivity index (χ1v) is 14.5. The number of amides is 1. The van der Waals surface area contributed by atoms with Gasteiger partial charge in [-0.15, -0.1) is 0 Å². The van der Waals surface area contributed by atoms with Gasteiger partial charge in [-0.05, 0) is 37.3 Å². The molecule has 234 valence electrons. The molecule has 0 aliphatic carbocycles. The molecule has 11 nitrogen and oxygen atoms in total. The van der Waals surface area contributed by atoms with Gasteiger partial charge in [0.05, 0.1) is 20.3 Å². The third kappa shape index (κ3) is 8.77. The summed E-state index contributed by atoms with van der Waals surface area (Å²) >= 11 is 0. The van der Waals surface area contributed by atoms with Gasteiger partial charge in [0.25, 0.3) is 5.91 Å². The number of hydrogen-bond donors (Lipinski definition) is 1. The maximum atomic E-state index is 13.4. The molecular formula is C33H38N2O9. The Balaban J connectivity index is 1.51. The highest BCUT2D eigenvalue weighted by atomic mass is 16.7. The number of nitrogens with zero attached hydrogens (tertiary/aromatic N) is 1. The van der Waals surface area contributed by atoms with Gasteiger partial charge in [0.1, 0.15) is 12.7 Å². The third-order valence-electron chi connectivity index (χ3n) is 7.20. The second-order valence-electron chi connectivity index (χ2n) is 10.2. The summed E-state index contributed by atoms with van der Waals surface area (Å²) < 4.78 is 33.0. The highest BCUT2D eigenvalue weighted by Gasteiger charge is 2.36. The zero-order chi connectivity index (χ0) is 31.3. The Labute approximate surface area is 256 Å². The van der Waals surface area contributed by atoms with Crippen LogP contribution in [0.5, 0.6) is 11.5 Å². The smallest absolute Gasteiger partial charge is 0.334 e. The van der Waals surface area contributed by atoms with Crippen LogP contribution in [-0.2, 0) is 35.0 Å². The highest BCUT2D eigenvalue weighted by Crippen LogP contribution is 2.34. The zero-order valence-corrected chi connectivity index (χ0v) is 25.1. The van der Waals surface area contributed by atoms with Crippen molar-refractivity contribution in [2.24, 2.45) is 5.92 Å². The molecule has 0 spiro atoms. The van der Waals surface area contributed by atoms with Crippen LogP contribution in [0, 0.1) is 5.92 Å². The Morgan fingerprint density at radius 2 is 1.75 bits per heavy atom. The number of pyridine rings is 1. The summed E-state index contributed by atoms with van der Waals surface area (Å²) in [5.41, 5.74) is 2.00. The summed E-state index contributed by atoms with van der Waals surface area (Å²) in [7, 11) is 1.39. The fraction of sp³-hybridized carbons (Fsp3) is 0.394. The fourth-order valence-corrected chi connectivity index (χ4v) is 5.15. The second kappa shape index (κ2) is 16.4. The first-order chi connectivity index (χ1) is 21.4. The van der Waals surface area contributed by atoms with E-state index in [4.69, 9.17) is 28.4 Å². The summed E-state index contributed by atoms with van der Waals surface area (Å²) in [6, 6.07) is 20.4. The maximum absolute atomic E-state index is 13.4. The number of methoxy groups -OCH3 is 1. The predicted octanol–water partition coefficient (Wildman–Crippen LogP) is 3.71. The van der Waals surface area contributed by atoms with Crippen LogP contribution in [0.2, 0.25) is 0 Å². The van der Waals surface area contributed by atoms with E-state index in [9.17, 15) is 14.4 Å². The lowest BCUT2D eigenvalue weighted by atomic mass is 9.79. The summed E-state index contributed by atoms with van der Waals surface area (Å²) in [4.78, 5) is 42.8. The molecule has 4 rings (SSSR count). The molecule has 1 aliphatic heterocycles. The van der Waals surface area contributed by atoms with Gasteiger partial charge < -0.3 is 33.7 Å². The Kier molecular flexibility index (Phi) is 12.1. The summed E-state index contributed by atoms with van der Waals surface area (Å²) in [5.74, 6) is -2.04. The van der Waals surface area contributed by atoms with Crippen LogP contribution in [0.3, 0.4) is 0 Å². The topological polar surface area (TPSA) is 132 Å². The number of hydrogen-bond acceptors (Lipinski definition) is 10. The molecule has 1 saturated heterocycles. The molecule has 11 heteroatoms. The van der Waals surface area contributed by atoms with E-state index in [-0.39, 0.29) is 42.2 Å². The van der Waals surface area contributed by atoms with Crippen molar-refractivity contribution in [3.63, 3.8) is 0 Å². The first-order valence-electron chi connectivity index (χ1n) is 14.5. The Hall–Kier alpha value is -4.48. The first kappa shape index (κ1) is 32.4. The predicted molar refractivity (Wildman–Crippen MR) is 159 cm³/mol. The lowest BCUT2D eigenvalue weighted by Crippen LogP contribution is -2.46. The zero-order valence-electron chi connectivity index (χ0n) is 25.1. The Bertz CT molecular complexity index is 1370. The van der Waals surface area contributed by atoms with Crippen molar-refractivity contribution < 1.29 is 42.8 Å². The highest BCUT2D eigenvalue weighted by molar-refractivity contribution is 5.98. The van der Waals surface area contributed by atoms with Gasteiger partial charge in [-0.2, -0.15) is 0 Å². The number of cyclic esters (lactones) is 1. The average Bonchev–Trinajstić information content (AvgIpc) is 3.08. The van der Waals surface area contributed by atoms with Crippen LogP contribution in [0.25, 0.3) is 0 Å². The normalized spacial score (nSPS) is 20.3. The SMILES string of the molecule is CCOCC(=O)OCOc1c(OC)ccnc1C(=O)N[C@H]1COC[C@H](Cc2ccccc2)[C@@H](c2ccccc2)[C@H](C)OC1=O. The average molecular weight is 607 g/mol. The van der Waals surface area contributed by atoms with Gasteiger partial charge in [-0.25, -0.2) is 14.6 Å². The van der Waals surface area contributed by atoms with Gasteiger partial charge in [-0.3, -0.25) is 4.79 Å². The monoisotopic (exact) mass is 606 g/mol. The number of esters is 2. The number of benzene rings is 2. The van der Waals surface area contributed by atoms with Crippen LogP contribution in [0.15, 0.2) is 72.9 Å². The molecule has 0 bridgehead atoms. The van der Waals surface area contributed by atoms with Crippen molar-refractivity contribution in [1.82, 2.24) is 10.3 Å². The number of ether oxygens (including phenoxy) is 6. The van der Waals surface area contributed by atoms with E-state index in [2.05, 4.69) is 22.4 Å². The number of nitrogens with one attached hydrogen (secondary N) is 1. The van der Waals surface area contributed by atoms with Gasteiger partial charge >= 0.3 is 11.9 Å². The van der Waals surface area contributed by atoms with Crippen LogP contribution in [0.4, 0.5) is 0 Å². The Morgan fingerprint density at radius 3 is 2.45 bits per heavy atom. The summed E-state index contributed by atoms with van der Waals surface area (Å²) in [6.07, 6.45) is 1.56. The van der Waals surface area contributed by atoms with Crippen LogP contribution in [0.1, 0.15) is 41.4 Å². The number of aromatic nitrogens is 1. The van der Waals surface area contributed by atoms with E-state index in [0.717, 1.165) is 11.1 Å². The molecule has 0 saturated carbocycles. The molecule has 1 amide bonds. The van der Waals surface area contributed by atoms with Crippen molar-refractivity contribution in [3.8, 4) is 11.5 Å². The van der Waals surface area contributed by atoms with Gasteiger partial charge in [0.15, 0.2) is 23.2 Å². The fourth-order valence-electron chi connectivity index (χ4n) is 5.15. The molecule has 1 N–H and O–H groups in total. The molecule has 0 radical (unpaired) electrons. The van der Waals surface area contributed by atoms with Crippen LogP contribution in [-0.4, -0.2) is 75.3 Å². The van der Waals surface area contributed by atoms with Crippen LogP contribution < -0.4 is 14.8 Å². The quantitative estimate of drug-likeness (QED) is 0.240. The number of rotatable bonds is 12. The van der Waals surface area contributed by atoms with E-state index in [1.807, 2.05) is 55.5 Å². The van der Waals surface area contributed by atoms with Crippen LogP contribution >= 0.6 is 0 Å². The number of carbonyl (C=O) groups excluding carboxylic acids is 3. The van der Waals surface area contributed by atoms with E-state index in [0.29, 0.717) is 19.6 Å². The molecule has 4 atom stereocenters. The van der Waals surface area contributed by atoms with Gasteiger partial charge in [-0.1, -0.05) is 60.7 Å². The largest absolute Gasteiger partial charge is 0.493 e. The minimum absolute atomic E-state index is 0.0115. The Morgan fingerprint density at radius 1 is 1.02 bits per heavy atom. The van der Waals surface area contributed by atoms with Gasteiger partial charge in [0.2, 0.25) is 6.79 Å². The lowest BCUT2D eigenvalue weighted by molar-refractivity contribution is -0.155. The van der Waals surface area contributed by atoms with E-state index < -0.39 is 36.8 Å². The van der Waals surface area contributed by atoms with Crippen molar-refractivity contribution in [2.75, 3.05) is 40.3 Å². The molecule has 2 heterocycles. The second-order valence-corrected chi connectivity index (χ2v) is 10.2. The molecule has 1 aliphatic rings. The molecule has 3 aromatic rings. The van der Waals surface area contributed by atoms with Gasteiger partial charge in [0, 0.05) is 24.8 Å². The van der Waals surface area contributed by atoms with Crippen molar-refractivity contribution >= 4 is 17.8 Å². The van der Waals surface area contributed by atoms with Crippen molar-refractivity contribution in [2.45, 2.75) is 38.3 Å². The maximum Gasteiger partial charge on any atom is 0.334 e. The summed E-state index contributed by atoms with van der Waals surface area (Å²) in [6.45, 7) is 3.43. The molecular weight excluding hydrogens is 568 g/mol. The number of carbonyl (C=O) groups is 3. The van der Waals surface area contributed by atoms with Crippen molar-refractivity contribution in [1.29, 1.82) is 0 Å². The molecule has 1 aromatic heterocycles. The molecule has 1 fully saturated rings. The third-order valence-corrected chi connectivity index (χ3v) is 7.20. The van der Waals surface area contributed by atoms with E-state index in [1.165, 1.54) is 19.4 Å². The standard InChI is InChI=1S/C33H38N2O9/c1-4-40-20-28(36)42-21-43-31-27(39-3)15-16-34-30(31)32(37)35-26-19-41-18-25(17-23-11-7-5-8-12-23)29(22(2)44-33(26)38)24-13-9-6-10-14-24/h5-16,22,25-26,29H,4,17-21H2,1-3H3,(H,35,37)/t22-,25-,26-,29+/m0/s1. The van der Waals surface area contributed by atoms with Crippen molar-refractivity contribution in [3.05, 3.63) is 89.7 Å². The van der Waals surface area contributed by atoms with E-state index >= 15 is 0 Å². The molecule has 2 aromatic carbocycles. The molecule has 0 unspecified atom stereocenters.